The smallest absolute Gasteiger partial charge is 0.416 e. The van der Waals surface area contributed by atoms with Crippen LogP contribution in [0.25, 0.3) is 0 Å². The molecule has 25 nitrogen and oxygen atoms in total. The second kappa shape index (κ2) is 35.3. The summed E-state index contributed by atoms with van der Waals surface area (Å²) in [5, 5.41) is 19.9. The number of aliphatic hydroxyl groups is 1. The first-order valence-corrected chi connectivity index (χ1v) is 30.7. The first-order chi connectivity index (χ1) is 43.1. The minimum atomic E-state index is -1.53. The molecule has 8 rings (SSSR count). The standard InChI is InChI=1S/C58H68N8O14S.C3H8.C2H6.CH4N2O/c1-6-13-41(62-51(68)30-60-50(67)14-9-7-10-19-63-52(69)28-49(81)57(63)74)53(70)61-37-17-15-36(16-18-37)33-80-58(75)66-43-27-48(46(77-5)25-40(43)55(72)65-32-35(3)23-44(65)56(66)73)79-21-12-8-11-20-78-47-26-42-39(24-45(47)76-4)54(71)64-31-34(2)22-38(64)29-59-42;1-3-2;1-2;2-1(3)4/h15-18,24-29,38,41,44,56,73,81H,2-3,6-14,19-23,30-33H2,1,4-5H3,(H,60,67)(H,61,70)(H,62,68);3H2,1-2H3;1-2H3;(H4,2,3,4). The summed E-state index contributed by atoms with van der Waals surface area (Å²) < 4.78 is 29.4. The van der Waals surface area contributed by atoms with Crippen LogP contribution in [0.15, 0.2) is 88.8 Å². The maximum Gasteiger partial charge on any atom is 0.416 e. The second-order valence-corrected chi connectivity index (χ2v) is 21.9. The lowest BCUT2D eigenvalue weighted by Crippen LogP contribution is -2.50. The molecule has 2 saturated heterocycles. The Morgan fingerprint density at radius 1 is 0.767 bits per heavy atom. The first-order valence-electron chi connectivity index (χ1n) is 30.2. The molecule has 8 N–H and O–H groups in total. The number of rotatable bonds is 25. The van der Waals surface area contributed by atoms with E-state index in [-0.39, 0.29) is 91.2 Å². The van der Waals surface area contributed by atoms with Gasteiger partial charge in [0.2, 0.25) is 17.7 Å². The number of methoxy groups -OCH3 is 2. The zero-order chi connectivity index (χ0) is 66.2. The van der Waals surface area contributed by atoms with Crippen molar-refractivity contribution in [2.75, 3.05) is 63.8 Å². The quantitative estimate of drug-likeness (QED) is 0.0186. The summed E-state index contributed by atoms with van der Waals surface area (Å²) >= 11 is 3.98. The number of nitrogens with two attached hydrogens (primary N) is 2. The molecular formula is C64H86N10O15S. The summed E-state index contributed by atoms with van der Waals surface area (Å²) in [6.07, 6.45) is 7.18. The molecule has 0 aliphatic carbocycles. The molecule has 3 aromatic carbocycles. The number of hydrogen-bond acceptors (Lipinski definition) is 17. The molecule has 0 saturated carbocycles. The van der Waals surface area contributed by atoms with Crippen LogP contribution in [-0.4, -0.2) is 157 Å². The van der Waals surface area contributed by atoms with E-state index >= 15 is 0 Å². The molecule has 5 heterocycles. The summed E-state index contributed by atoms with van der Waals surface area (Å²) in [7, 11) is 2.96. The van der Waals surface area contributed by atoms with Gasteiger partial charge in [-0.15, -0.1) is 12.6 Å². The maximum absolute atomic E-state index is 14.2. The van der Waals surface area contributed by atoms with Crippen molar-refractivity contribution in [2.45, 2.75) is 143 Å². The van der Waals surface area contributed by atoms with Gasteiger partial charge in [0.05, 0.1) is 73.5 Å². The molecule has 0 spiro atoms. The first kappa shape index (κ1) is 71.8. The minimum Gasteiger partial charge on any atom is -0.493 e. The third-order valence-corrected chi connectivity index (χ3v) is 14.7. The zero-order valence-corrected chi connectivity index (χ0v) is 53.3. The lowest BCUT2D eigenvalue weighted by atomic mass is 10.1. The number of hydrogen-bond donors (Lipinski definition) is 7. The van der Waals surface area contributed by atoms with Gasteiger partial charge < -0.3 is 66.0 Å². The van der Waals surface area contributed by atoms with Gasteiger partial charge in [0.1, 0.15) is 12.6 Å². The summed E-state index contributed by atoms with van der Waals surface area (Å²) in [5.41, 5.74) is 12.2. The van der Waals surface area contributed by atoms with Crippen LogP contribution in [0.2, 0.25) is 0 Å². The Hall–Kier alpha value is -8.91. The van der Waals surface area contributed by atoms with Gasteiger partial charge in [-0.3, -0.25) is 43.5 Å². The number of unbranched alkanes of at least 4 members (excludes halogenated alkanes) is 4. The monoisotopic (exact) mass is 1270 g/mol. The van der Waals surface area contributed by atoms with Crippen molar-refractivity contribution in [3.63, 3.8) is 0 Å². The van der Waals surface area contributed by atoms with E-state index in [9.17, 15) is 43.5 Å². The van der Waals surface area contributed by atoms with Gasteiger partial charge in [-0.1, -0.05) is 90.3 Å². The van der Waals surface area contributed by atoms with Gasteiger partial charge in [0.15, 0.2) is 29.2 Å². The van der Waals surface area contributed by atoms with Crippen molar-refractivity contribution in [3.8, 4) is 23.0 Å². The summed E-state index contributed by atoms with van der Waals surface area (Å²) in [4.78, 5) is 123. The van der Waals surface area contributed by atoms with Gasteiger partial charge in [0.25, 0.3) is 23.6 Å². The van der Waals surface area contributed by atoms with Crippen LogP contribution in [0.5, 0.6) is 23.0 Å². The number of urea groups is 1. The summed E-state index contributed by atoms with van der Waals surface area (Å²) in [6.45, 7) is 19.1. The third kappa shape index (κ3) is 19.5. The molecule has 5 aliphatic heterocycles. The second-order valence-electron chi connectivity index (χ2n) is 21.4. The largest absolute Gasteiger partial charge is 0.493 e. The number of benzene rings is 3. The number of aliphatic imine (C=N–C) groups is 1. The third-order valence-electron chi connectivity index (χ3n) is 14.4. The van der Waals surface area contributed by atoms with E-state index in [4.69, 9.17) is 28.5 Å². The summed E-state index contributed by atoms with van der Waals surface area (Å²) in [6, 6.07) is 10.2. The number of imide groups is 1. The van der Waals surface area contributed by atoms with Gasteiger partial charge in [0, 0.05) is 56.2 Å². The Bertz CT molecular complexity index is 3170. The average molecular weight is 1270 g/mol. The molecule has 90 heavy (non-hydrogen) atoms. The van der Waals surface area contributed by atoms with E-state index in [0.717, 1.165) is 15.4 Å². The highest BCUT2D eigenvalue weighted by Gasteiger charge is 2.46. The molecule has 0 aromatic heterocycles. The highest BCUT2D eigenvalue weighted by molar-refractivity contribution is 7.85. The zero-order valence-electron chi connectivity index (χ0n) is 52.4. The topological polar surface area (TPSA) is 333 Å². The molecule has 4 unspecified atom stereocenters. The van der Waals surface area contributed by atoms with E-state index in [1.807, 2.05) is 20.8 Å². The fourth-order valence-corrected chi connectivity index (χ4v) is 10.4. The van der Waals surface area contributed by atoms with Gasteiger partial charge in [-0.25, -0.2) is 14.5 Å². The number of nitrogens with one attached hydrogen (secondary N) is 3. The number of primary amides is 2. The van der Waals surface area contributed by atoms with Gasteiger partial charge >= 0.3 is 12.1 Å². The minimum absolute atomic E-state index is 0.0633. The molecular weight excluding hydrogens is 1180 g/mol. The number of carbonyl (C=O) groups excluding carboxylic acids is 9. The van der Waals surface area contributed by atoms with Crippen LogP contribution in [0.1, 0.15) is 138 Å². The van der Waals surface area contributed by atoms with E-state index in [1.165, 1.54) is 43.7 Å². The molecule has 10 amide bonds. The molecule has 26 heteroatoms. The van der Waals surface area contributed by atoms with Crippen LogP contribution >= 0.6 is 12.6 Å². The van der Waals surface area contributed by atoms with E-state index in [1.54, 1.807) is 47.5 Å². The number of nitrogens with zero attached hydrogens (tertiary/aromatic N) is 5. The molecule has 4 atom stereocenters. The van der Waals surface area contributed by atoms with Crippen LogP contribution in [0.4, 0.5) is 26.7 Å². The number of aliphatic hydroxyl groups excluding tert-OH is 1. The molecule has 0 radical (unpaired) electrons. The van der Waals surface area contributed by atoms with Crippen LogP contribution in [-0.2, 0) is 35.3 Å². The molecule has 488 valence electrons. The fourth-order valence-electron chi connectivity index (χ4n) is 10.2. The van der Waals surface area contributed by atoms with Crippen LogP contribution in [0, 0.1) is 0 Å². The van der Waals surface area contributed by atoms with E-state index < -0.39 is 60.0 Å². The fraction of sp³-hybridized carbons (Fsp3) is 0.469. The average Bonchev–Trinajstić information content (AvgIpc) is 1.58. The van der Waals surface area contributed by atoms with E-state index in [2.05, 4.69) is 72.0 Å². The van der Waals surface area contributed by atoms with Crippen molar-refractivity contribution in [1.82, 2.24) is 25.3 Å². The summed E-state index contributed by atoms with van der Waals surface area (Å²) in [5.74, 6) is -1.45. The Morgan fingerprint density at radius 3 is 1.97 bits per heavy atom. The highest BCUT2D eigenvalue weighted by atomic mass is 32.1. The van der Waals surface area contributed by atoms with Crippen molar-refractivity contribution < 1.29 is 71.9 Å². The molecule has 0 bridgehead atoms. The Balaban J connectivity index is 0.00000154. The maximum atomic E-state index is 14.2. The lowest BCUT2D eigenvalue weighted by Gasteiger charge is -2.31. The number of fused-ring (bicyclic) bond motifs is 4. The van der Waals surface area contributed by atoms with Crippen molar-refractivity contribution in [3.05, 3.63) is 101 Å². The molecule has 3 aromatic rings. The Labute approximate surface area is 530 Å². The SMILES string of the molecule is C=C1CC2C=Nc3cc(OCCCCCOc4cc5c(cc4OC)C(=O)N4CC(=C)CC4C(O)N5C(=O)OCc4ccc(NC(=O)C(CCC)NC(=O)CNC(=O)CCCCCN5C(=O)C=C(S)C5=O)cc4)c(OC)cc3C(=O)N2C1.CC.CCC.NC(N)=O. The Morgan fingerprint density at radius 2 is 1.36 bits per heavy atom. The molecule has 2 fully saturated rings. The Kier molecular flexibility index (Phi) is 28.2. The van der Waals surface area contributed by atoms with Gasteiger partial charge in [-0.05, 0) is 81.2 Å². The lowest BCUT2D eigenvalue weighted by molar-refractivity contribution is -0.137. The van der Waals surface area contributed by atoms with Gasteiger partial charge in [-0.2, -0.15) is 0 Å². The highest BCUT2D eigenvalue weighted by Crippen LogP contribution is 2.43. The predicted molar refractivity (Wildman–Crippen MR) is 343 cm³/mol. The number of ether oxygens (including phenoxy) is 5. The van der Waals surface area contributed by atoms with Crippen LogP contribution < -0.4 is 51.3 Å². The predicted octanol–water partition coefficient (Wildman–Crippen LogP) is 7.61. The normalized spacial score (nSPS) is 17.2. The van der Waals surface area contributed by atoms with Crippen molar-refractivity contribution in [2.24, 2.45) is 16.5 Å². The van der Waals surface area contributed by atoms with Crippen LogP contribution in [0.3, 0.4) is 0 Å². The van der Waals surface area contributed by atoms with Crippen molar-refractivity contribution in [1.29, 1.82) is 0 Å². The van der Waals surface area contributed by atoms with E-state index in [0.29, 0.717) is 111 Å². The number of carbonyl (C=O) groups is 9. The number of amides is 10. The van der Waals surface area contributed by atoms with Crippen molar-refractivity contribution >= 4 is 89.4 Å². The molecule has 5 aliphatic rings. The number of anilines is 2. The number of thiol groups is 1.